The van der Waals surface area contributed by atoms with E-state index < -0.39 is 0 Å². The fourth-order valence-electron chi connectivity index (χ4n) is 1.70. The van der Waals surface area contributed by atoms with E-state index in [0.29, 0.717) is 18.9 Å². The molecule has 1 aromatic heterocycles. The summed E-state index contributed by atoms with van der Waals surface area (Å²) in [6.45, 7) is 3.71. The highest BCUT2D eigenvalue weighted by atomic mass is 19.1. The van der Waals surface area contributed by atoms with Crippen molar-refractivity contribution in [3.05, 3.63) is 41.5 Å². The molecule has 0 aliphatic heterocycles. The zero-order valence-electron chi connectivity index (χ0n) is 11.1. The lowest BCUT2D eigenvalue weighted by Gasteiger charge is -2.11. The molecule has 0 unspecified atom stereocenters. The van der Waals surface area contributed by atoms with E-state index >= 15 is 0 Å². The Balaban J connectivity index is 2.05. The number of aromatic nitrogens is 3. The van der Waals surface area contributed by atoms with Gasteiger partial charge in [-0.15, -0.1) is 5.10 Å². The molecule has 0 saturated heterocycles. The number of ether oxygens (including phenoxy) is 1. The van der Waals surface area contributed by atoms with Gasteiger partial charge in [0.1, 0.15) is 23.9 Å². The van der Waals surface area contributed by atoms with E-state index in [2.05, 4.69) is 15.6 Å². The summed E-state index contributed by atoms with van der Waals surface area (Å²) in [7, 11) is 1.80. The molecule has 1 aromatic carbocycles. The average molecular weight is 264 g/mol. The lowest BCUT2D eigenvalue weighted by atomic mass is 10.2. The number of hydrogen-bond donors (Lipinski definition) is 1. The van der Waals surface area contributed by atoms with Gasteiger partial charge in [0, 0.05) is 19.2 Å². The summed E-state index contributed by atoms with van der Waals surface area (Å²) in [6, 6.07) is 4.51. The minimum atomic E-state index is -0.264. The molecule has 0 saturated carbocycles. The van der Waals surface area contributed by atoms with Gasteiger partial charge in [-0.2, -0.15) is 0 Å². The van der Waals surface area contributed by atoms with Gasteiger partial charge in [-0.3, -0.25) is 4.68 Å². The Morgan fingerprint density at radius 1 is 1.42 bits per heavy atom. The first-order chi connectivity index (χ1) is 9.19. The van der Waals surface area contributed by atoms with Crippen molar-refractivity contribution in [1.29, 1.82) is 0 Å². The lowest BCUT2D eigenvalue weighted by molar-refractivity contribution is 0.296. The van der Waals surface area contributed by atoms with Crippen molar-refractivity contribution in [3.8, 4) is 5.75 Å². The van der Waals surface area contributed by atoms with E-state index in [1.807, 2.05) is 6.92 Å². The Bertz CT molecular complexity index is 541. The average Bonchev–Trinajstić information content (AvgIpc) is 2.81. The molecule has 2 aromatic rings. The third-order valence-electron chi connectivity index (χ3n) is 2.61. The molecule has 1 N–H and O–H groups in total. The Labute approximate surface area is 111 Å². The molecule has 0 aliphatic carbocycles. The molecule has 0 radical (unpaired) electrons. The SMILES string of the molecule is CCNCc1cc(F)ccc1OCc1cn(C)nn1. The minimum Gasteiger partial charge on any atom is -0.487 e. The zero-order chi connectivity index (χ0) is 13.7. The van der Waals surface area contributed by atoms with E-state index in [4.69, 9.17) is 4.74 Å². The first-order valence-corrected chi connectivity index (χ1v) is 6.16. The van der Waals surface area contributed by atoms with Crippen LogP contribution in [0.4, 0.5) is 4.39 Å². The maximum atomic E-state index is 13.2. The number of aryl methyl sites for hydroxylation is 1. The molecular formula is C13H17FN4O. The predicted molar refractivity (Wildman–Crippen MR) is 69.1 cm³/mol. The second-order valence-corrected chi connectivity index (χ2v) is 4.20. The van der Waals surface area contributed by atoms with Crippen molar-refractivity contribution in [1.82, 2.24) is 20.3 Å². The molecule has 102 valence electrons. The molecule has 0 atom stereocenters. The van der Waals surface area contributed by atoms with Crippen molar-refractivity contribution in [3.63, 3.8) is 0 Å². The van der Waals surface area contributed by atoms with Crippen molar-refractivity contribution >= 4 is 0 Å². The molecule has 6 heteroatoms. The van der Waals surface area contributed by atoms with Crippen LogP contribution in [0, 0.1) is 5.82 Å². The quantitative estimate of drug-likeness (QED) is 0.862. The standard InChI is InChI=1S/C13H17FN4O/c1-3-15-7-10-6-11(14)4-5-13(10)19-9-12-8-18(2)17-16-12/h4-6,8,15H,3,7,9H2,1-2H3. The number of hydrogen-bond acceptors (Lipinski definition) is 4. The summed E-state index contributed by atoms with van der Waals surface area (Å²) in [4.78, 5) is 0. The molecule has 0 spiro atoms. The number of benzene rings is 1. The highest BCUT2D eigenvalue weighted by Crippen LogP contribution is 2.20. The number of halogens is 1. The summed E-state index contributed by atoms with van der Waals surface area (Å²) in [6.07, 6.45) is 1.79. The molecular weight excluding hydrogens is 247 g/mol. The fourth-order valence-corrected chi connectivity index (χ4v) is 1.70. The van der Waals surface area contributed by atoms with Gasteiger partial charge in [0.25, 0.3) is 0 Å². The van der Waals surface area contributed by atoms with Crippen LogP contribution in [0.3, 0.4) is 0 Å². The van der Waals surface area contributed by atoms with E-state index in [-0.39, 0.29) is 5.82 Å². The Morgan fingerprint density at radius 3 is 2.95 bits per heavy atom. The number of nitrogens with zero attached hydrogens (tertiary/aromatic N) is 3. The third kappa shape index (κ3) is 3.75. The van der Waals surface area contributed by atoms with Crippen LogP contribution >= 0.6 is 0 Å². The zero-order valence-corrected chi connectivity index (χ0v) is 11.1. The van der Waals surface area contributed by atoms with Crippen LogP contribution in [0.2, 0.25) is 0 Å². The van der Waals surface area contributed by atoms with E-state index in [1.165, 1.54) is 12.1 Å². The smallest absolute Gasteiger partial charge is 0.134 e. The molecule has 0 fully saturated rings. The topological polar surface area (TPSA) is 52.0 Å². The monoisotopic (exact) mass is 264 g/mol. The van der Waals surface area contributed by atoms with Crippen LogP contribution in [0.25, 0.3) is 0 Å². The largest absolute Gasteiger partial charge is 0.487 e. The summed E-state index contributed by atoms with van der Waals surface area (Å²) in [5.74, 6) is 0.396. The summed E-state index contributed by atoms with van der Waals surface area (Å²) >= 11 is 0. The van der Waals surface area contributed by atoms with Gasteiger partial charge in [0.2, 0.25) is 0 Å². The maximum Gasteiger partial charge on any atom is 0.134 e. The van der Waals surface area contributed by atoms with Gasteiger partial charge in [-0.05, 0) is 24.7 Å². The van der Waals surface area contributed by atoms with Gasteiger partial charge in [-0.25, -0.2) is 4.39 Å². The molecule has 19 heavy (non-hydrogen) atoms. The van der Waals surface area contributed by atoms with Crippen LogP contribution in [-0.4, -0.2) is 21.5 Å². The summed E-state index contributed by atoms with van der Waals surface area (Å²) in [5, 5.41) is 10.9. The molecule has 0 bridgehead atoms. The van der Waals surface area contributed by atoms with E-state index in [9.17, 15) is 4.39 Å². The predicted octanol–water partition coefficient (Wildman–Crippen LogP) is 1.64. The van der Waals surface area contributed by atoms with Gasteiger partial charge in [0.15, 0.2) is 0 Å². The molecule has 5 nitrogen and oxygen atoms in total. The van der Waals surface area contributed by atoms with Gasteiger partial charge < -0.3 is 10.1 Å². The Kier molecular flexibility index (Phi) is 4.46. The van der Waals surface area contributed by atoms with Crippen LogP contribution in [-0.2, 0) is 20.2 Å². The van der Waals surface area contributed by atoms with Gasteiger partial charge in [0.05, 0.1) is 6.20 Å². The van der Waals surface area contributed by atoms with Gasteiger partial charge >= 0.3 is 0 Å². The Hall–Kier alpha value is -1.95. The highest BCUT2D eigenvalue weighted by Gasteiger charge is 2.07. The first kappa shape index (κ1) is 13.5. The van der Waals surface area contributed by atoms with Crippen LogP contribution in [0.1, 0.15) is 18.2 Å². The second-order valence-electron chi connectivity index (χ2n) is 4.20. The number of nitrogens with one attached hydrogen (secondary N) is 1. The molecule has 2 rings (SSSR count). The van der Waals surface area contributed by atoms with Crippen molar-refractivity contribution in [2.45, 2.75) is 20.1 Å². The number of rotatable bonds is 6. The molecule has 0 aliphatic rings. The minimum absolute atomic E-state index is 0.264. The summed E-state index contributed by atoms with van der Waals surface area (Å²) in [5.41, 5.74) is 1.53. The van der Waals surface area contributed by atoms with Crippen LogP contribution in [0.5, 0.6) is 5.75 Å². The Morgan fingerprint density at radius 2 is 2.26 bits per heavy atom. The van der Waals surface area contributed by atoms with E-state index in [1.54, 1.807) is 24.0 Å². The van der Waals surface area contributed by atoms with Crippen LogP contribution < -0.4 is 10.1 Å². The summed E-state index contributed by atoms with van der Waals surface area (Å²) < 4.78 is 20.5. The van der Waals surface area contributed by atoms with E-state index in [0.717, 1.165) is 17.8 Å². The fraction of sp³-hybridized carbons (Fsp3) is 0.385. The second kappa shape index (κ2) is 6.29. The maximum absolute atomic E-state index is 13.2. The lowest BCUT2D eigenvalue weighted by Crippen LogP contribution is -2.13. The first-order valence-electron chi connectivity index (χ1n) is 6.16. The van der Waals surface area contributed by atoms with Gasteiger partial charge in [-0.1, -0.05) is 12.1 Å². The van der Waals surface area contributed by atoms with Crippen molar-refractivity contribution < 1.29 is 9.13 Å². The highest BCUT2D eigenvalue weighted by molar-refractivity contribution is 5.34. The molecule has 1 heterocycles. The van der Waals surface area contributed by atoms with Crippen molar-refractivity contribution in [2.24, 2.45) is 7.05 Å². The van der Waals surface area contributed by atoms with Crippen molar-refractivity contribution in [2.75, 3.05) is 6.54 Å². The third-order valence-corrected chi connectivity index (χ3v) is 2.61. The van der Waals surface area contributed by atoms with Crippen LogP contribution in [0.15, 0.2) is 24.4 Å². The normalized spacial score (nSPS) is 10.7. The molecule has 0 amide bonds.